The molecule has 60 heavy (non-hydrogen) atoms. The van der Waals surface area contributed by atoms with E-state index in [0.717, 1.165) is 0 Å². The SMILES string of the molecule is C/C=C\c1c(C)ccc2c1c1c3ccccc3ccc1n2-c1ccccc1.Cc1ccc(-c2ccc(-n3ccc4c5c(ccc43)[nH]c3ccc4ccccc4c35)cc2)cc1. The Labute approximate surface area is 349 Å². The van der Waals surface area contributed by atoms with Crippen molar-refractivity contribution < 1.29 is 0 Å². The average molecular weight is 770 g/mol. The fourth-order valence-corrected chi connectivity index (χ4v) is 9.40. The van der Waals surface area contributed by atoms with Gasteiger partial charge in [-0.1, -0.05) is 139 Å². The molecule has 0 amide bonds. The van der Waals surface area contributed by atoms with E-state index >= 15 is 0 Å². The summed E-state index contributed by atoms with van der Waals surface area (Å²) in [7, 11) is 0. The average Bonchev–Trinajstić information content (AvgIpc) is 4.00. The number of H-pyrrole nitrogens is 1. The molecule has 3 nitrogen and oxygen atoms in total. The summed E-state index contributed by atoms with van der Waals surface area (Å²) in [5, 5.41) is 11.7. The van der Waals surface area contributed by atoms with Crippen LogP contribution in [0.15, 0.2) is 194 Å². The van der Waals surface area contributed by atoms with Crippen molar-refractivity contribution >= 4 is 82.1 Å². The largest absolute Gasteiger partial charge is 0.354 e. The molecule has 1 N–H and O–H groups in total. The van der Waals surface area contributed by atoms with Gasteiger partial charge in [-0.25, -0.2) is 0 Å². The van der Waals surface area contributed by atoms with Crippen LogP contribution in [0.3, 0.4) is 0 Å². The molecule has 0 radical (unpaired) electrons. The second-order valence-corrected chi connectivity index (χ2v) is 15.9. The molecule has 0 unspecified atom stereocenters. The van der Waals surface area contributed by atoms with Crippen molar-refractivity contribution in [3.8, 4) is 22.5 Å². The lowest BCUT2D eigenvalue weighted by Gasteiger charge is -2.08. The number of hydrogen-bond acceptors (Lipinski definition) is 0. The highest BCUT2D eigenvalue weighted by Crippen LogP contribution is 2.41. The van der Waals surface area contributed by atoms with Crippen LogP contribution in [0.25, 0.3) is 105 Å². The Morgan fingerprint density at radius 2 is 1.00 bits per heavy atom. The van der Waals surface area contributed by atoms with Gasteiger partial charge in [0.15, 0.2) is 0 Å². The molecule has 0 aliphatic carbocycles. The minimum Gasteiger partial charge on any atom is -0.354 e. The van der Waals surface area contributed by atoms with Gasteiger partial charge in [0.1, 0.15) is 0 Å². The molecular weight excluding hydrogens is 727 g/mol. The Morgan fingerprint density at radius 1 is 0.433 bits per heavy atom. The first-order chi connectivity index (χ1) is 29.6. The molecule has 0 aliphatic heterocycles. The molecule has 12 aromatic rings. The van der Waals surface area contributed by atoms with Gasteiger partial charge in [-0.3, -0.25) is 0 Å². The van der Waals surface area contributed by atoms with Crippen LogP contribution in [0, 0.1) is 13.8 Å². The minimum absolute atomic E-state index is 1.17. The molecule has 0 bridgehead atoms. The van der Waals surface area contributed by atoms with Gasteiger partial charge in [-0.2, -0.15) is 0 Å². The van der Waals surface area contributed by atoms with Crippen LogP contribution >= 0.6 is 0 Å². The maximum absolute atomic E-state index is 3.63. The molecule has 3 heteroatoms. The highest BCUT2D eigenvalue weighted by molar-refractivity contribution is 6.27. The van der Waals surface area contributed by atoms with Gasteiger partial charge in [0, 0.05) is 55.5 Å². The van der Waals surface area contributed by atoms with Gasteiger partial charge in [-0.15, -0.1) is 0 Å². The maximum atomic E-state index is 3.63. The zero-order chi connectivity index (χ0) is 40.3. The Morgan fingerprint density at radius 3 is 1.72 bits per heavy atom. The highest BCUT2D eigenvalue weighted by Gasteiger charge is 2.18. The van der Waals surface area contributed by atoms with E-state index in [-0.39, 0.29) is 0 Å². The van der Waals surface area contributed by atoms with E-state index in [2.05, 4.69) is 235 Å². The minimum atomic E-state index is 1.17. The van der Waals surface area contributed by atoms with E-state index < -0.39 is 0 Å². The standard InChI is InChI=1S/C31H22N2.C26H21N/c1-20-6-8-21(9-7-20)22-10-13-24(14-11-22)33-19-18-26-29(33)17-16-28-31(26)30-25-5-3-2-4-23(25)12-15-27(30)32-28;1-3-9-21-18(2)14-16-23-25(21)26-22-13-8-7-10-19(22)15-17-24(26)27(23)20-11-5-4-6-12-20/h2-19,32H,1H3;3-17H,1-2H3/b;9-3-. The molecule has 0 saturated carbocycles. The summed E-state index contributed by atoms with van der Waals surface area (Å²) in [5.74, 6) is 0. The van der Waals surface area contributed by atoms with E-state index in [1.54, 1.807) is 0 Å². The van der Waals surface area contributed by atoms with Crippen LogP contribution in [0.4, 0.5) is 0 Å². The first-order valence-electron chi connectivity index (χ1n) is 20.8. The summed E-state index contributed by atoms with van der Waals surface area (Å²) in [6.07, 6.45) is 6.57. The zero-order valence-electron chi connectivity index (χ0n) is 33.9. The van der Waals surface area contributed by atoms with Crippen molar-refractivity contribution in [1.29, 1.82) is 0 Å². The zero-order valence-corrected chi connectivity index (χ0v) is 33.9. The van der Waals surface area contributed by atoms with Crippen LogP contribution in [0.5, 0.6) is 0 Å². The Balaban J connectivity index is 0.000000139. The summed E-state index contributed by atoms with van der Waals surface area (Å²) < 4.78 is 4.68. The third kappa shape index (κ3) is 5.73. The van der Waals surface area contributed by atoms with Crippen LogP contribution in [-0.4, -0.2) is 14.1 Å². The summed E-state index contributed by atoms with van der Waals surface area (Å²) in [4.78, 5) is 3.63. The van der Waals surface area contributed by atoms with E-state index in [1.807, 2.05) is 0 Å². The molecule has 12 rings (SSSR count). The van der Waals surface area contributed by atoms with Gasteiger partial charge < -0.3 is 14.1 Å². The number of benzene rings is 9. The number of rotatable bonds is 4. The lowest BCUT2D eigenvalue weighted by Crippen LogP contribution is -1.93. The molecule has 0 atom stereocenters. The van der Waals surface area contributed by atoms with Crippen molar-refractivity contribution in [3.63, 3.8) is 0 Å². The number of aryl methyl sites for hydroxylation is 2. The molecule has 3 heterocycles. The third-order valence-corrected chi connectivity index (χ3v) is 12.3. The number of fused-ring (bicyclic) bond motifs is 12. The summed E-state index contributed by atoms with van der Waals surface area (Å²) in [6.45, 7) is 6.41. The maximum Gasteiger partial charge on any atom is 0.0547 e. The predicted molar refractivity (Wildman–Crippen MR) is 258 cm³/mol. The normalized spacial score (nSPS) is 11.8. The van der Waals surface area contributed by atoms with Crippen LogP contribution in [-0.2, 0) is 0 Å². The van der Waals surface area contributed by atoms with E-state index in [9.17, 15) is 0 Å². The van der Waals surface area contributed by atoms with E-state index in [0.29, 0.717) is 0 Å². The van der Waals surface area contributed by atoms with Crippen molar-refractivity contribution in [3.05, 3.63) is 211 Å². The smallest absolute Gasteiger partial charge is 0.0547 e. The molecule has 0 saturated heterocycles. The van der Waals surface area contributed by atoms with E-state index in [1.165, 1.54) is 115 Å². The second kappa shape index (κ2) is 14.3. The monoisotopic (exact) mass is 769 g/mol. The van der Waals surface area contributed by atoms with Gasteiger partial charge in [0.05, 0.1) is 16.6 Å². The summed E-state index contributed by atoms with van der Waals surface area (Å²) >= 11 is 0. The summed E-state index contributed by atoms with van der Waals surface area (Å²) in [6, 6.07) is 65.6. The lowest BCUT2D eigenvalue weighted by molar-refractivity contribution is 1.13. The number of aromatic amines is 1. The van der Waals surface area contributed by atoms with Crippen molar-refractivity contribution in [2.75, 3.05) is 0 Å². The highest BCUT2D eigenvalue weighted by atomic mass is 15.0. The molecule has 286 valence electrons. The number of nitrogens with zero attached hydrogens (tertiary/aromatic N) is 2. The van der Waals surface area contributed by atoms with Crippen molar-refractivity contribution in [1.82, 2.24) is 14.1 Å². The van der Waals surface area contributed by atoms with E-state index in [4.69, 9.17) is 0 Å². The molecule has 9 aromatic carbocycles. The number of nitrogens with one attached hydrogen (secondary N) is 1. The van der Waals surface area contributed by atoms with Crippen LogP contribution < -0.4 is 0 Å². The third-order valence-electron chi connectivity index (χ3n) is 12.3. The first-order valence-corrected chi connectivity index (χ1v) is 20.8. The Kier molecular flexibility index (Phi) is 8.49. The first kappa shape index (κ1) is 35.5. The number of aromatic nitrogens is 3. The Bertz CT molecular complexity index is 3600. The van der Waals surface area contributed by atoms with Gasteiger partial charge in [0.25, 0.3) is 0 Å². The number of allylic oxidation sites excluding steroid dienone is 1. The fraction of sp³-hybridized carbons (Fsp3) is 0.0526. The van der Waals surface area contributed by atoms with Gasteiger partial charge in [0.2, 0.25) is 0 Å². The number of hydrogen-bond donors (Lipinski definition) is 1. The fourth-order valence-electron chi connectivity index (χ4n) is 9.40. The lowest BCUT2D eigenvalue weighted by atomic mass is 9.98. The van der Waals surface area contributed by atoms with Crippen LogP contribution in [0.2, 0.25) is 0 Å². The van der Waals surface area contributed by atoms with Gasteiger partial charge in [-0.05, 0) is 125 Å². The molecule has 0 aliphatic rings. The predicted octanol–water partition coefficient (Wildman–Crippen LogP) is 15.7. The topological polar surface area (TPSA) is 25.6 Å². The quantitative estimate of drug-likeness (QED) is 0.184. The summed E-state index contributed by atoms with van der Waals surface area (Å²) in [5.41, 5.74) is 14.9. The molecule has 0 spiro atoms. The molecule has 0 fully saturated rings. The van der Waals surface area contributed by atoms with Gasteiger partial charge >= 0.3 is 0 Å². The molecule has 3 aromatic heterocycles. The molecular formula is C57H43N3. The van der Waals surface area contributed by atoms with Crippen molar-refractivity contribution in [2.24, 2.45) is 0 Å². The number of para-hydroxylation sites is 1. The van der Waals surface area contributed by atoms with Crippen LogP contribution in [0.1, 0.15) is 23.6 Å². The van der Waals surface area contributed by atoms with Crippen molar-refractivity contribution in [2.45, 2.75) is 20.8 Å². The second-order valence-electron chi connectivity index (χ2n) is 15.9. The Hall–Kier alpha value is -7.62.